The number of ether oxygens (including phenoxy) is 1. The molecule has 0 unspecified atom stereocenters. The highest BCUT2D eigenvalue weighted by Gasteiger charge is 2.10. The molecule has 0 saturated carbocycles. The minimum Gasteiger partial charge on any atom is -0.483 e. The van der Waals surface area contributed by atoms with Gasteiger partial charge in [-0.2, -0.15) is 0 Å². The number of hydrogen-bond acceptors (Lipinski definition) is 4. The average molecular weight is 421 g/mol. The largest absolute Gasteiger partial charge is 0.483 e. The Bertz CT molecular complexity index is 952. The summed E-state index contributed by atoms with van der Waals surface area (Å²) < 4.78 is 5.62. The second kappa shape index (κ2) is 8.74. The van der Waals surface area contributed by atoms with Gasteiger partial charge in [0.25, 0.3) is 5.91 Å². The second-order valence-electron chi connectivity index (χ2n) is 6.19. The molecule has 0 aliphatic heterocycles. The lowest BCUT2D eigenvalue weighted by Crippen LogP contribution is -2.20. The van der Waals surface area contributed by atoms with Crippen molar-refractivity contribution in [3.05, 3.63) is 74.2 Å². The van der Waals surface area contributed by atoms with Crippen molar-refractivity contribution in [1.29, 1.82) is 0 Å². The molecule has 1 N–H and O–H groups in total. The monoisotopic (exact) mass is 420 g/mol. The highest BCUT2D eigenvalue weighted by molar-refractivity contribution is 7.15. The number of rotatable bonds is 6. The first-order valence-corrected chi connectivity index (χ1v) is 9.86. The van der Waals surface area contributed by atoms with E-state index in [1.807, 2.05) is 44.2 Å². The number of carbonyl (C=O) groups excluding carboxylic acids is 1. The van der Waals surface area contributed by atoms with Crippen molar-refractivity contribution in [2.45, 2.75) is 20.3 Å². The molecule has 3 aromatic rings. The molecule has 2 aromatic carbocycles. The van der Waals surface area contributed by atoms with Gasteiger partial charge in [0.1, 0.15) is 5.75 Å². The van der Waals surface area contributed by atoms with Crippen LogP contribution in [0.1, 0.15) is 21.6 Å². The minimum absolute atomic E-state index is 0.0664. The lowest BCUT2D eigenvalue weighted by atomic mass is 10.1. The van der Waals surface area contributed by atoms with E-state index in [9.17, 15) is 4.79 Å². The molecule has 0 aliphatic carbocycles. The molecule has 1 amide bonds. The first-order chi connectivity index (χ1) is 12.9. The van der Waals surface area contributed by atoms with E-state index in [-0.39, 0.29) is 12.5 Å². The van der Waals surface area contributed by atoms with Gasteiger partial charge >= 0.3 is 0 Å². The second-order valence-corrected chi connectivity index (χ2v) is 8.18. The van der Waals surface area contributed by atoms with Crippen LogP contribution >= 0.6 is 34.5 Å². The Kier molecular flexibility index (Phi) is 6.37. The fourth-order valence-corrected chi connectivity index (χ4v) is 3.96. The van der Waals surface area contributed by atoms with Crippen LogP contribution in [0.25, 0.3) is 0 Å². The third-order valence-electron chi connectivity index (χ3n) is 3.80. The zero-order valence-corrected chi connectivity index (χ0v) is 17.2. The summed E-state index contributed by atoms with van der Waals surface area (Å²) in [4.78, 5) is 17.4. The van der Waals surface area contributed by atoms with Crippen LogP contribution in [0.5, 0.6) is 5.75 Å². The molecule has 3 rings (SSSR count). The van der Waals surface area contributed by atoms with E-state index in [2.05, 4.69) is 10.3 Å². The van der Waals surface area contributed by atoms with Crippen LogP contribution in [-0.4, -0.2) is 17.5 Å². The summed E-state index contributed by atoms with van der Waals surface area (Å²) >= 11 is 13.5. The molecule has 0 fully saturated rings. The van der Waals surface area contributed by atoms with Crippen molar-refractivity contribution in [2.24, 2.45) is 0 Å². The molecule has 0 radical (unpaired) electrons. The third-order valence-corrected chi connectivity index (χ3v) is 5.15. The van der Waals surface area contributed by atoms with Gasteiger partial charge in [-0.15, -0.1) is 11.3 Å². The Morgan fingerprint density at radius 2 is 1.89 bits per heavy atom. The van der Waals surface area contributed by atoms with Crippen LogP contribution in [-0.2, 0) is 11.2 Å². The van der Waals surface area contributed by atoms with Gasteiger partial charge in [0.2, 0.25) is 0 Å². The molecule has 1 heterocycles. The van der Waals surface area contributed by atoms with E-state index in [0.717, 1.165) is 21.6 Å². The van der Waals surface area contributed by atoms with Gasteiger partial charge in [-0.25, -0.2) is 4.98 Å². The molecule has 1 aromatic heterocycles. The summed E-state index contributed by atoms with van der Waals surface area (Å²) in [5, 5.41) is 4.49. The maximum absolute atomic E-state index is 12.1. The predicted octanol–water partition coefficient (Wildman–Crippen LogP) is 5.68. The van der Waals surface area contributed by atoms with Gasteiger partial charge in [0.05, 0.1) is 0 Å². The van der Waals surface area contributed by atoms with Crippen molar-refractivity contribution < 1.29 is 9.53 Å². The number of benzene rings is 2. The maximum Gasteiger partial charge on any atom is 0.264 e. The van der Waals surface area contributed by atoms with E-state index in [1.165, 1.54) is 11.3 Å². The van der Waals surface area contributed by atoms with Crippen LogP contribution in [0.2, 0.25) is 10.0 Å². The molecule has 140 valence electrons. The molecule has 0 spiro atoms. The van der Waals surface area contributed by atoms with Crippen LogP contribution in [0.15, 0.2) is 42.6 Å². The number of halogens is 2. The van der Waals surface area contributed by atoms with Crippen LogP contribution < -0.4 is 10.1 Å². The first-order valence-electron chi connectivity index (χ1n) is 8.28. The summed E-state index contributed by atoms with van der Waals surface area (Å²) in [6.07, 6.45) is 2.38. The predicted molar refractivity (Wildman–Crippen MR) is 111 cm³/mol. The summed E-state index contributed by atoms with van der Waals surface area (Å²) in [6, 6.07) is 11.3. The molecular formula is C20H18Cl2N2O2S. The van der Waals surface area contributed by atoms with Gasteiger partial charge in [-0.1, -0.05) is 35.3 Å². The number of thiazole rings is 1. The Hall–Kier alpha value is -2.08. The van der Waals surface area contributed by atoms with Gasteiger partial charge < -0.3 is 4.74 Å². The van der Waals surface area contributed by atoms with Gasteiger partial charge in [-0.05, 0) is 54.8 Å². The van der Waals surface area contributed by atoms with E-state index in [0.29, 0.717) is 27.3 Å². The topological polar surface area (TPSA) is 51.2 Å². The van der Waals surface area contributed by atoms with Crippen molar-refractivity contribution in [1.82, 2.24) is 4.98 Å². The molecule has 0 atom stereocenters. The zero-order chi connectivity index (χ0) is 19.4. The lowest BCUT2D eigenvalue weighted by molar-refractivity contribution is -0.118. The molecular weight excluding hydrogens is 403 g/mol. The van der Waals surface area contributed by atoms with Gasteiger partial charge in [-0.3, -0.25) is 10.1 Å². The van der Waals surface area contributed by atoms with E-state index in [4.69, 9.17) is 27.9 Å². The number of nitrogens with zero attached hydrogens (tertiary/aromatic N) is 1. The normalized spacial score (nSPS) is 10.7. The number of carbonyl (C=O) groups is 1. The lowest BCUT2D eigenvalue weighted by Gasteiger charge is -2.09. The summed E-state index contributed by atoms with van der Waals surface area (Å²) in [5.74, 6) is 0.463. The first kappa shape index (κ1) is 19.7. The van der Waals surface area contributed by atoms with Crippen molar-refractivity contribution in [3.8, 4) is 5.75 Å². The van der Waals surface area contributed by atoms with E-state index < -0.39 is 0 Å². The molecule has 0 aliphatic rings. The Balaban J connectivity index is 1.57. The van der Waals surface area contributed by atoms with Gasteiger partial charge in [0, 0.05) is 27.5 Å². The number of nitrogens with one attached hydrogen (secondary N) is 1. The summed E-state index contributed by atoms with van der Waals surface area (Å²) in [5.41, 5.74) is 3.07. The molecule has 0 bridgehead atoms. The molecule has 27 heavy (non-hydrogen) atoms. The third kappa shape index (κ3) is 5.70. The number of amides is 1. The fraction of sp³-hybridized carbons (Fsp3) is 0.200. The van der Waals surface area contributed by atoms with Crippen LogP contribution in [0.3, 0.4) is 0 Å². The minimum atomic E-state index is -0.248. The standard InChI is InChI=1S/C20H18Cl2N2O2S/c1-12-3-4-13(2)18(5-12)26-11-19(25)24-20-23-10-17(27-20)8-14-6-15(21)9-16(22)7-14/h3-7,9-10H,8,11H2,1-2H3,(H,23,24,25). The van der Waals surface area contributed by atoms with Crippen molar-refractivity contribution in [2.75, 3.05) is 11.9 Å². The summed E-state index contributed by atoms with van der Waals surface area (Å²) in [6.45, 7) is 3.86. The highest BCUT2D eigenvalue weighted by Crippen LogP contribution is 2.25. The Morgan fingerprint density at radius 3 is 2.63 bits per heavy atom. The van der Waals surface area contributed by atoms with Crippen molar-refractivity contribution in [3.63, 3.8) is 0 Å². The smallest absolute Gasteiger partial charge is 0.264 e. The number of hydrogen-bond donors (Lipinski definition) is 1. The Labute approximate surface area is 172 Å². The average Bonchev–Trinajstić information content (AvgIpc) is 3.01. The molecule has 7 heteroatoms. The van der Waals surface area contributed by atoms with Crippen molar-refractivity contribution >= 4 is 45.6 Å². The zero-order valence-electron chi connectivity index (χ0n) is 14.9. The molecule has 0 saturated heterocycles. The van der Waals surface area contributed by atoms with Crippen LogP contribution in [0, 0.1) is 13.8 Å². The fourth-order valence-electron chi connectivity index (χ4n) is 2.52. The number of anilines is 1. The van der Waals surface area contributed by atoms with Crippen LogP contribution in [0.4, 0.5) is 5.13 Å². The SMILES string of the molecule is Cc1ccc(C)c(OCC(=O)Nc2ncc(Cc3cc(Cl)cc(Cl)c3)s2)c1. The number of aromatic nitrogens is 1. The van der Waals surface area contributed by atoms with Gasteiger partial charge in [0.15, 0.2) is 11.7 Å². The quantitative estimate of drug-likeness (QED) is 0.558. The van der Waals surface area contributed by atoms with E-state index >= 15 is 0 Å². The Morgan fingerprint density at radius 1 is 1.15 bits per heavy atom. The molecule has 4 nitrogen and oxygen atoms in total. The maximum atomic E-state index is 12.1. The number of aryl methyl sites for hydroxylation is 2. The highest BCUT2D eigenvalue weighted by atomic mass is 35.5. The summed E-state index contributed by atoms with van der Waals surface area (Å²) in [7, 11) is 0. The van der Waals surface area contributed by atoms with E-state index in [1.54, 1.807) is 12.3 Å².